The monoisotopic (exact) mass is 689 g/mol. The maximum atomic E-state index is 7.77. The van der Waals surface area contributed by atoms with E-state index in [1.165, 1.54) is 10.8 Å². The molecule has 0 amide bonds. The number of hydrogen-bond acceptors (Lipinski definition) is 3. The van der Waals surface area contributed by atoms with Crippen molar-refractivity contribution in [1.82, 2.24) is 19.1 Å². The van der Waals surface area contributed by atoms with Crippen LogP contribution in [0.1, 0.15) is 22.3 Å². The highest BCUT2D eigenvalue weighted by atomic mass is 16.5. The average molecular weight is 690 g/mol. The van der Waals surface area contributed by atoms with Crippen molar-refractivity contribution in [3.63, 3.8) is 0 Å². The van der Waals surface area contributed by atoms with Gasteiger partial charge in [0, 0.05) is 39.7 Å². The summed E-state index contributed by atoms with van der Waals surface area (Å²) in [5, 5.41) is 4.48. The second-order valence-electron chi connectivity index (χ2n) is 14.0. The molecule has 10 aromatic rings. The van der Waals surface area contributed by atoms with Crippen molar-refractivity contribution in [2.75, 3.05) is 0 Å². The molecule has 0 N–H and O–H groups in total. The van der Waals surface area contributed by atoms with Crippen LogP contribution in [0.15, 0.2) is 164 Å². The van der Waals surface area contributed by atoms with Crippen LogP contribution in [-0.4, -0.2) is 19.1 Å². The minimum absolute atomic E-state index is 0.611. The minimum Gasteiger partial charge on any atom is -0.452 e. The van der Waals surface area contributed by atoms with Gasteiger partial charge >= 0.3 is 0 Å². The van der Waals surface area contributed by atoms with Gasteiger partial charge in [0.15, 0.2) is 17.2 Å². The molecule has 12 rings (SSSR count). The Kier molecular flexibility index (Phi) is 5.68. The Balaban J connectivity index is 1.25. The largest absolute Gasteiger partial charge is 0.452 e. The second-order valence-corrected chi connectivity index (χ2v) is 14.0. The number of para-hydroxylation sites is 5. The molecule has 6 aromatic carbocycles. The lowest BCUT2D eigenvalue weighted by Gasteiger charge is -2.40. The highest BCUT2D eigenvalue weighted by Gasteiger charge is 2.53. The molecule has 1 spiro atoms. The summed E-state index contributed by atoms with van der Waals surface area (Å²) in [6.45, 7) is 7.77. The number of hydrogen-bond donors (Lipinski definition) is 0. The van der Waals surface area contributed by atoms with Crippen LogP contribution in [0.2, 0.25) is 0 Å². The molecule has 250 valence electrons. The molecule has 0 atom stereocenters. The first-order valence-electron chi connectivity index (χ1n) is 18.0. The number of nitrogens with zero attached hydrogens (tertiary/aromatic N) is 5. The molecule has 5 heterocycles. The van der Waals surface area contributed by atoms with Gasteiger partial charge in [0.1, 0.15) is 0 Å². The van der Waals surface area contributed by atoms with Crippen molar-refractivity contribution in [3.05, 3.63) is 198 Å². The van der Waals surface area contributed by atoms with E-state index in [1.54, 1.807) is 0 Å². The molecule has 0 bridgehead atoms. The van der Waals surface area contributed by atoms with E-state index in [4.69, 9.17) is 21.3 Å². The molecule has 0 fully saturated rings. The highest BCUT2D eigenvalue weighted by Crippen LogP contribution is 2.63. The van der Waals surface area contributed by atoms with Gasteiger partial charge in [-0.1, -0.05) is 97.1 Å². The molecule has 0 unspecified atom stereocenters. The smallest absolute Gasteiger partial charge is 0.188 e. The Morgan fingerprint density at radius 2 is 0.926 bits per heavy atom. The van der Waals surface area contributed by atoms with Gasteiger partial charge in [-0.05, 0) is 71.1 Å². The first kappa shape index (κ1) is 29.1. The van der Waals surface area contributed by atoms with E-state index < -0.39 is 5.41 Å². The van der Waals surface area contributed by atoms with Gasteiger partial charge in [0.25, 0.3) is 0 Å². The fraction of sp³-hybridized carbons (Fsp3) is 0.0208. The molecule has 6 heteroatoms. The number of pyridine rings is 2. The molecule has 6 nitrogen and oxygen atoms in total. The summed E-state index contributed by atoms with van der Waals surface area (Å²) >= 11 is 0. The summed E-state index contributed by atoms with van der Waals surface area (Å²) in [5.74, 6) is 1.55. The molecular formula is C48H27N5O. The van der Waals surface area contributed by atoms with Gasteiger partial charge in [0.2, 0.25) is 0 Å². The van der Waals surface area contributed by atoms with Crippen molar-refractivity contribution in [2.45, 2.75) is 5.41 Å². The van der Waals surface area contributed by atoms with E-state index >= 15 is 0 Å². The summed E-state index contributed by atoms with van der Waals surface area (Å²) in [6, 6.07) is 53.1. The average Bonchev–Trinajstić information content (AvgIpc) is 3.85. The van der Waals surface area contributed by atoms with Gasteiger partial charge in [-0.2, -0.15) is 0 Å². The van der Waals surface area contributed by atoms with Crippen molar-refractivity contribution in [1.29, 1.82) is 0 Å². The van der Waals surface area contributed by atoms with Gasteiger partial charge in [-0.3, -0.25) is 9.97 Å². The van der Waals surface area contributed by atoms with Crippen molar-refractivity contribution in [2.24, 2.45) is 0 Å². The zero-order valence-corrected chi connectivity index (χ0v) is 28.7. The predicted octanol–water partition coefficient (Wildman–Crippen LogP) is 11.7. The summed E-state index contributed by atoms with van der Waals surface area (Å²) in [7, 11) is 0. The topological polar surface area (TPSA) is 49.2 Å². The van der Waals surface area contributed by atoms with Gasteiger partial charge < -0.3 is 13.9 Å². The first-order valence-corrected chi connectivity index (χ1v) is 18.0. The third-order valence-corrected chi connectivity index (χ3v) is 11.5. The van der Waals surface area contributed by atoms with Crippen LogP contribution >= 0.6 is 0 Å². The van der Waals surface area contributed by atoms with Crippen LogP contribution < -0.4 is 4.74 Å². The Bertz CT molecular complexity index is 3190. The van der Waals surface area contributed by atoms with Crippen LogP contribution in [0.5, 0.6) is 11.5 Å². The van der Waals surface area contributed by atoms with Gasteiger partial charge in [-0.15, -0.1) is 0 Å². The van der Waals surface area contributed by atoms with Crippen LogP contribution in [0, 0.1) is 6.57 Å². The maximum absolute atomic E-state index is 7.77. The lowest BCUT2D eigenvalue weighted by Crippen LogP contribution is -2.33. The van der Waals surface area contributed by atoms with Gasteiger partial charge in [0.05, 0.1) is 56.8 Å². The van der Waals surface area contributed by atoms with Gasteiger partial charge in [-0.25, -0.2) is 4.85 Å². The predicted molar refractivity (Wildman–Crippen MR) is 214 cm³/mol. The quantitative estimate of drug-likeness (QED) is 0.170. The Hall–Kier alpha value is -7.49. The Morgan fingerprint density at radius 1 is 0.463 bits per heavy atom. The van der Waals surface area contributed by atoms with Crippen molar-refractivity contribution in [3.8, 4) is 34.3 Å². The fourth-order valence-electron chi connectivity index (χ4n) is 9.44. The van der Waals surface area contributed by atoms with Crippen LogP contribution in [-0.2, 0) is 5.41 Å². The van der Waals surface area contributed by atoms with E-state index in [1.807, 2.05) is 36.7 Å². The summed E-state index contributed by atoms with van der Waals surface area (Å²) in [4.78, 5) is 13.7. The minimum atomic E-state index is -0.781. The highest BCUT2D eigenvalue weighted by molar-refractivity contribution is 6.11. The number of ether oxygens (including phenoxy) is 1. The van der Waals surface area contributed by atoms with Crippen LogP contribution in [0.4, 0.5) is 5.69 Å². The standard InChI is InChI=1S/C48H27N5O/c1-49-29-24-25-41-33(28-29)32-14-4-7-21-40(32)53(41)43-23-9-16-37-47(43)54-46-36(48(37)34-17-10-26-50-44(34)45-35(48)18-11-27-51-45)15-8-22-42(46)52-38-19-5-2-12-30(38)31-13-3-6-20-39(31)52/h2-28H. The number of fused-ring (bicyclic) bond motifs is 15. The molecule has 54 heavy (non-hydrogen) atoms. The molecule has 0 radical (unpaired) electrons. The second kappa shape index (κ2) is 10.5. The van der Waals surface area contributed by atoms with Crippen LogP contribution in [0.3, 0.4) is 0 Å². The SMILES string of the molecule is [C-]#[N+]c1ccc2c(c1)c1ccccc1n2-c1cccc2c1Oc1c(-n3c4ccccc4c4ccccc43)cccc1C21c2cccnc2-c2ncccc21. The summed E-state index contributed by atoms with van der Waals surface area (Å²) in [6.07, 6.45) is 3.72. The molecule has 0 saturated heterocycles. The molecule has 2 aliphatic rings. The zero-order chi connectivity index (χ0) is 35.5. The lowest BCUT2D eigenvalue weighted by atomic mass is 9.66. The molecule has 1 aliphatic carbocycles. The summed E-state index contributed by atoms with van der Waals surface area (Å²) < 4.78 is 12.2. The number of rotatable bonds is 2. The maximum Gasteiger partial charge on any atom is 0.188 e. The number of aromatic nitrogens is 4. The molecular weight excluding hydrogens is 663 g/mol. The Morgan fingerprint density at radius 3 is 1.44 bits per heavy atom. The fourth-order valence-corrected chi connectivity index (χ4v) is 9.44. The zero-order valence-electron chi connectivity index (χ0n) is 28.7. The Labute approximate surface area is 309 Å². The van der Waals surface area contributed by atoms with E-state index in [0.717, 1.165) is 89.4 Å². The summed E-state index contributed by atoms with van der Waals surface area (Å²) in [5.41, 5.74) is 11.9. The third-order valence-electron chi connectivity index (χ3n) is 11.5. The van der Waals surface area contributed by atoms with E-state index in [2.05, 4.69) is 141 Å². The molecule has 1 aliphatic heterocycles. The van der Waals surface area contributed by atoms with E-state index in [9.17, 15) is 0 Å². The third kappa shape index (κ3) is 3.53. The molecule has 4 aromatic heterocycles. The van der Waals surface area contributed by atoms with Crippen molar-refractivity contribution < 1.29 is 4.74 Å². The van der Waals surface area contributed by atoms with Crippen LogP contribution in [0.25, 0.3) is 71.2 Å². The van der Waals surface area contributed by atoms with Crippen molar-refractivity contribution >= 4 is 49.3 Å². The first-order chi connectivity index (χ1) is 26.8. The lowest BCUT2D eigenvalue weighted by molar-refractivity contribution is 0.433. The van der Waals surface area contributed by atoms with E-state index in [0.29, 0.717) is 5.69 Å². The van der Waals surface area contributed by atoms with E-state index in [-0.39, 0.29) is 0 Å². The molecule has 0 saturated carbocycles. The number of benzene rings is 6. The normalized spacial score (nSPS) is 13.5.